The largest absolute Gasteiger partial charge is 0.416 e. The summed E-state index contributed by atoms with van der Waals surface area (Å²) in [6.45, 7) is 0.378. The van der Waals surface area contributed by atoms with Crippen LogP contribution in [0.2, 0.25) is 0 Å². The summed E-state index contributed by atoms with van der Waals surface area (Å²) in [5.74, 6) is 0. The van der Waals surface area contributed by atoms with E-state index in [0.717, 1.165) is 37.8 Å². The maximum Gasteiger partial charge on any atom is 0.416 e. The molecule has 2 rings (SSSR count). The highest BCUT2D eigenvalue weighted by Crippen LogP contribution is 2.35. The first kappa shape index (κ1) is 15.0. The van der Waals surface area contributed by atoms with E-state index >= 15 is 0 Å². The third-order valence-electron chi connectivity index (χ3n) is 3.83. The summed E-state index contributed by atoms with van der Waals surface area (Å²) < 4.78 is 37.7. The van der Waals surface area contributed by atoms with Gasteiger partial charge in [0.05, 0.1) is 22.5 Å². The van der Waals surface area contributed by atoms with E-state index in [1.165, 1.54) is 6.07 Å². The van der Waals surface area contributed by atoms with Gasteiger partial charge in [0.25, 0.3) is 0 Å². The molecule has 3 N–H and O–H groups in total. The van der Waals surface area contributed by atoms with Crippen LogP contribution in [0, 0.1) is 0 Å². The number of nitrogen functional groups attached to an aromatic ring is 1. The molecule has 1 aliphatic rings. The van der Waals surface area contributed by atoms with Crippen molar-refractivity contribution in [3.8, 4) is 0 Å². The molecule has 0 amide bonds. The van der Waals surface area contributed by atoms with Crippen LogP contribution in [0.25, 0.3) is 0 Å². The lowest BCUT2D eigenvalue weighted by Gasteiger charge is -2.31. The zero-order valence-electron chi connectivity index (χ0n) is 11.4. The predicted octanol–water partition coefficient (Wildman–Crippen LogP) is 3.03. The molecule has 0 bridgehead atoms. The fourth-order valence-electron chi connectivity index (χ4n) is 2.80. The van der Waals surface area contributed by atoms with Crippen molar-refractivity contribution >= 4 is 11.4 Å². The molecule has 20 heavy (non-hydrogen) atoms. The van der Waals surface area contributed by atoms with Crippen LogP contribution in [0.5, 0.6) is 0 Å². The lowest BCUT2D eigenvalue weighted by molar-refractivity contribution is -0.137. The van der Waals surface area contributed by atoms with Crippen molar-refractivity contribution in [1.29, 1.82) is 0 Å². The van der Waals surface area contributed by atoms with Gasteiger partial charge in [-0.1, -0.05) is 12.8 Å². The highest BCUT2D eigenvalue weighted by atomic mass is 19.4. The van der Waals surface area contributed by atoms with Crippen LogP contribution in [0.1, 0.15) is 31.2 Å². The number of likely N-dealkylation sites (N-methyl/N-ethyl adjacent to an activating group) is 1. The van der Waals surface area contributed by atoms with E-state index in [1.807, 2.05) is 0 Å². The van der Waals surface area contributed by atoms with Gasteiger partial charge in [0.1, 0.15) is 0 Å². The minimum atomic E-state index is -4.39. The zero-order valence-corrected chi connectivity index (χ0v) is 11.4. The van der Waals surface area contributed by atoms with E-state index in [2.05, 4.69) is 0 Å². The summed E-state index contributed by atoms with van der Waals surface area (Å²) >= 11 is 0. The van der Waals surface area contributed by atoms with Crippen molar-refractivity contribution in [2.24, 2.45) is 0 Å². The van der Waals surface area contributed by atoms with Crippen LogP contribution in [-0.2, 0) is 6.18 Å². The van der Waals surface area contributed by atoms with E-state index in [9.17, 15) is 18.3 Å². The van der Waals surface area contributed by atoms with Gasteiger partial charge < -0.3 is 15.7 Å². The minimum Gasteiger partial charge on any atom is -0.397 e. The number of aliphatic hydroxyl groups is 1. The molecule has 1 aromatic carbocycles. The molecule has 1 aromatic rings. The van der Waals surface area contributed by atoms with Gasteiger partial charge in [0.15, 0.2) is 0 Å². The molecule has 0 spiro atoms. The fourth-order valence-corrected chi connectivity index (χ4v) is 2.80. The van der Waals surface area contributed by atoms with Crippen molar-refractivity contribution in [1.82, 2.24) is 0 Å². The van der Waals surface area contributed by atoms with E-state index in [4.69, 9.17) is 5.73 Å². The number of anilines is 2. The quantitative estimate of drug-likeness (QED) is 0.841. The van der Waals surface area contributed by atoms with Crippen molar-refractivity contribution in [2.45, 2.75) is 37.5 Å². The second-order valence-electron chi connectivity index (χ2n) is 5.56. The molecule has 6 heteroatoms. The molecule has 0 atom stereocenters. The molecule has 3 nitrogen and oxygen atoms in total. The summed E-state index contributed by atoms with van der Waals surface area (Å²) in [5.41, 5.74) is 4.78. The molecule has 1 fully saturated rings. The maximum absolute atomic E-state index is 12.6. The van der Waals surface area contributed by atoms with Crippen molar-refractivity contribution in [2.75, 3.05) is 24.2 Å². The standard InChI is InChI=1S/C14H19F3N2O/c1-19(9-13(20)6-2-3-7-13)12-5-4-10(8-11(12)18)14(15,16)17/h4-5,8,20H,2-3,6-7,9,18H2,1H3. The summed E-state index contributed by atoms with van der Waals surface area (Å²) in [4.78, 5) is 1.72. The van der Waals surface area contributed by atoms with E-state index in [-0.39, 0.29) is 5.69 Å². The SMILES string of the molecule is CN(CC1(O)CCCC1)c1ccc(C(F)(F)F)cc1N. The lowest BCUT2D eigenvalue weighted by atomic mass is 10.0. The molecular weight excluding hydrogens is 269 g/mol. The zero-order chi connectivity index (χ0) is 15.0. The molecule has 0 heterocycles. The number of hydrogen-bond acceptors (Lipinski definition) is 3. The Labute approximate surface area is 116 Å². The first-order valence-corrected chi connectivity index (χ1v) is 6.61. The van der Waals surface area contributed by atoms with Gasteiger partial charge in [-0.3, -0.25) is 0 Å². The van der Waals surface area contributed by atoms with E-state index < -0.39 is 17.3 Å². The van der Waals surface area contributed by atoms with Crippen LogP contribution in [0.3, 0.4) is 0 Å². The smallest absolute Gasteiger partial charge is 0.397 e. The molecule has 112 valence electrons. The Morgan fingerprint density at radius 2 is 1.90 bits per heavy atom. The van der Waals surface area contributed by atoms with Gasteiger partial charge in [-0.15, -0.1) is 0 Å². The topological polar surface area (TPSA) is 49.5 Å². The summed E-state index contributed by atoms with van der Waals surface area (Å²) in [5, 5.41) is 10.3. The third kappa shape index (κ3) is 3.17. The molecule has 0 radical (unpaired) electrons. The van der Waals surface area contributed by atoms with E-state index in [1.54, 1.807) is 11.9 Å². The molecule has 0 saturated heterocycles. The van der Waals surface area contributed by atoms with Gasteiger partial charge >= 0.3 is 6.18 Å². The Balaban J connectivity index is 2.16. The molecule has 0 unspecified atom stereocenters. The summed E-state index contributed by atoms with van der Waals surface area (Å²) in [7, 11) is 1.73. The van der Waals surface area contributed by atoms with Gasteiger partial charge in [0, 0.05) is 13.6 Å². The second kappa shape index (κ2) is 5.16. The van der Waals surface area contributed by atoms with Crippen molar-refractivity contribution in [3.63, 3.8) is 0 Å². The van der Waals surface area contributed by atoms with E-state index in [0.29, 0.717) is 12.2 Å². The Kier molecular flexibility index (Phi) is 3.86. The van der Waals surface area contributed by atoms with Crippen LogP contribution in [0.4, 0.5) is 24.5 Å². The molecular formula is C14H19F3N2O. The predicted molar refractivity (Wildman–Crippen MR) is 72.5 cm³/mol. The number of nitrogens with two attached hydrogens (primary N) is 1. The summed E-state index contributed by atoms with van der Waals surface area (Å²) in [6, 6.07) is 3.31. The number of nitrogens with zero attached hydrogens (tertiary/aromatic N) is 1. The lowest BCUT2D eigenvalue weighted by Crippen LogP contribution is -2.39. The highest BCUT2D eigenvalue weighted by Gasteiger charge is 2.34. The third-order valence-corrected chi connectivity index (χ3v) is 3.83. The minimum absolute atomic E-state index is 0.0731. The Bertz CT molecular complexity index is 482. The number of rotatable bonds is 3. The molecule has 1 aliphatic carbocycles. The Morgan fingerprint density at radius 3 is 2.40 bits per heavy atom. The highest BCUT2D eigenvalue weighted by molar-refractivity contribution is 5.68. The normalized spacial score (nSPS) is 18.2. The van der Waals surface area contributed by atoms with Crippen molar-refractivity contribution in [3.05, 3.63) is 23.8 Å². The monoisotopic (exact) mass is 288 g/mol. The summed E-state index contributed by atoms with van der Waals surface area (Å²) in [6.07, 6.45) is -0.996. The first-order valence-electron chi connectivity index (χ1n) is 6.61. The van der Waals surface area contributed by atoms with Crippen LogP contribution >= 0.6 is 0 Å². The molecule has 0 aliphatic heterocycles. The fraction of sp³-hybridized carbons (Fsp3) is 0.571. The number of benzene rings is 1. The van der Waals surface area contributed by atoms with Gasteiger partial charge in [0.2, 0.25) is 0 Å². The van der Waals surface area contributed by atoms with Gasteiger partial charge in [-0.2, -0.15) is 13.2 Å². The second-order valence-corrected chi connectivity index (χ2v) is 5.56. The van der Waals surface area contributed by atoms with Crippen LogP contribution < -0.4 is 10.6 Å². The number of hydrogen-bond donors (Lipinski definition) is 2. The van der Waals surface area contributed by atoms with Gasteiger partial charge in [-0.25, -0.2) is 0 Å². The first-order chi connectivity index (χ1) is 9.21. The Hall–Kier alpha value is -1.43. The average Bonchev–Trinajstić information content (AvgIpc) is 2.74. The number of alkyl halides is 3. The van der Waals surface area contributed by atoms with Crippen LogP contribution in [0.15, 0.2) is 18.2 Å². The molecule has 0 aromatic heterocycles. The molecule has 1 saturated carbocycles. The Morgan fingerprint density at radius 1 is 1.30 bits per heavy atom. The number of halogens is 3. The van der Waals surface area contributed by atoms with Crippen molar-refractivity contribution < 1.29 is 18.3 Å². The van der Waals surface area contributed by atoms with Gasteiger partial charge in [-0.05, 0) is 31.0 Å². The average molecular weight is 288 g/mol. The maximum atomic E-state index is 12.6. The van der Waals surface area contributed by atoms with Crippen LogP contribution in [-0.4, -0.2) is 24.3 Å².